The van der Waals surface area contributed by atoms with Crippen LogP contribution in [0.3, 0.4) is 0 Å². The van der Waals surface area contributed by atoms with Crippen molar-refractivity contribution < 1.29 is 9.72 Å². The van der Waals surface area contributed by atoms with Crippen LogP contribution < -0.4 is 0 Å². The van der Waals surface area contributed by atoms with Gasteiger partial charge >= 0.3 is 0 Å². The van der Waals surface area contributed by atoms with Gasteiger partial charge in [0.2, 0.25) is 0 Å². The molecule has 2 rings (SSSR count). The lowest BCUT2D eigenvalue weighted by molar-refractivity contribution is -0.385. The van der Waals surface area contributed by atoms with Gasteiger partial charge in [0.15, 0.2) is 0 Å². The number of hydrogen-bond acceptors (Lipinski definition) is 3. The fourth-order valence-corrected chi connectivity index (χ4v) is 2.39. The van der Waals surface area contributed by atoms with Crippen LogP contribution in [-0.2, 0) is 10.2 Å². The largest absolute Gasteiger partial charge is 0.299 e. The number of benzene rings is 1. The first kappa shape index (κ1) is 11.1. The Morgan fingerprint density at radius 2 is 2.12 bits per heavy atom. The number of rotatable bonds is 3. The third-order valence-corrected chi connectivity index (χ3v) is 3.41. The normalized spacial score (nSPS) is 16.9. The lowest BCUT2D eigenvalue weighted by Gasteiger charge is -2.13. The first-order valence-corrected chi connectivity index (χ1v) is 5.31. The summed E-state index contributed by atoms with van der Waals surface area (Å²) in [5.74, 6) is -0.0521. The second-order valence-corrected chi connectivity index (χ2v) is 4.44. The number of nitro benzene ring substituents is 1. The molecule has 1 aliphatic rings. The summed E-state index contributed by atoms with van der Waals surface area (Å²) in [5.41, 5.74) is -0.379. The minimum atomic E-state index is -0.708. The summed E-state index contributed by atoms with van der Waals surface area (Å²) in [4.78, 5) is 22.0. The number of nitrogens with zero attached hydrogens (tertiary/aromatic N) is 1. The SMILES string of the molecule is CC(=O)C1(c2c(Cl)cccc2[N+](=O)[O-])CC1. The van der Waals surface area contributed by atoms with Crippen molar-refractivity contribution in [2.45, 2.75) is 25.2 Å². The number of halogens is 1. The highest BCUT2D eigenvalue weighted by atomic mass is 35.5. The quantitative estimate of drug-likeness (QED) is 0.602. The highest BCUT2D eigenvalue weighted by molar-refractivity contribution is 6.32. The maximum absolute atomic E-state index is 11.6. The molecule has 0 spiro atoms. The third-order valence-electron chi connectivity index (χ3n) is 3.09. The fraction of sp³-hybridized carbons (Fsp3) is 0.364. The van der Waals surface area contributed by atoms with Gasteiger partial charge in [0.05, 0.1) is 20.9 Å². The van der Waals surface area contributed by atoms with Gasteiger partial charge in [0, 0.05) is 6.07 Å². The van der Waals surface area contributed by atoms with E-state index in [1.165, 1.54) is 19.1 Å². The van der Waals surface area contributed by atoms with E-state index in [1.54, 1.807) is 6.07 Å². The van der Waals surface area contributed by atoms with Crippen LogP contribution in [0.1, 0.15) is 25.3 Å². The van der Waals surface area contributed by atoms with E-state index in [0.717, 1.165) is 0 Å². The van der Waals surface area contributed by atoms with E-state index >= 15 is 0 Å². The summed E-state index contributed by atoms with van der Waals surface area (Å²) >= 11 is 5.99. The zero-order valence-corrected chi connectivity index (χ0v) is 9.45. The third kappa shape index (κ3) is 1.50. The van der Waals surface area contributed by atoms with Crippen molar-refractivity contribution in [3.8, 4) is 0 Å². The van der Waals surface area contributed by atoms with E-state index in [0.29, 0.717) is 23.4 Å². The molecule has 0 N–H and O–H groups in total. The zero-order valence-electron chi connectivity index (χ0n) is 8.70. The Hall–Kier alpha value is -1.42. The molecule has 4 nitrogen and oxygen atoms in total. The molecular weight excluding hydrogens is 230 g/mol. The molecule has 1 fully saturated rings. The molecule has 0 saturated heterocycles. The predicted molar refractivity (Wildman–Crippen MR) is 59.7 cm³/mol. The summed E-state index contributed by atoms with van der Waals surface area (Å²) in [6, 6.07) is 4.51. The zero-order chi connectivity index (χ0) is 11.9. The van der Waals surface area contributed by atoms with Crippen molar-refractivity contribution in [2.24, 2.45) is 0 Å². The number of ketones is 1. The molecule has 0 aliphatic heterocycles. The number of Topliss-reactive ketones (excluding diaryl/α,β-unsaturated/α-hetero) is 1. The molecule has 0 unspecified atom stereocenters. The molecule has 0 amide bonds. The van der Waals surface area contributed by atoms with Gasteiger partial charge in [-0.15, -0.1) is 0 Å². The Morgan fingerprint density at radius 1 is 1.50 bits per heavy atom. The van der Waals surface area contributed by atoms with E-state index in [2.05, 4.69) is 0 Å². The Balaban J connectivity index is 2.64. The van der Waals surface area contributed by atoms with Gasteiger partial charge in [-0.1, -0.05) is 17.7 Å². The van der Waals surface area contributed by atoms with Gasteiger partial charge < -0.3 is 0 Å². The summed E-state index contributed by atoms with van der Waals surface area (Å²) in [5, 5.41) is 11.2. The minimum Gasteiger partial charge on any atom is -0.299 e. The molecule has 0 aromatic heterocycles. The van der Waals surface area contributed by atoms with Gasteiger partial charge in [-0.05, 0) is 25.8 Å². The highest BCUT2D eigenvalue weighted by Crippen LogP contribution is 2.54. The van der Waals surface area contributed by atoms with Gasteiger partial charge in [-0.3, -0.25) is 14.9 Å². The molecule has 16 heavy (non-hydrogen) atoms. The summed E-state index contributed by atoms with van der Waals surface area (Å²) < 4.78 is 0. The van der Waals surface area contributed by atoms with E-state index in [9.17, 15) is 14.9 Å². The van der Waals surface area contributed by atoms with E-state index in [1.807, 2.05) is 0 Å². The van der Waals surface area contributed by atoms with Crippen molar-refractivity contribution in [1.29, 1.82) is 0 Å². The van der Waals surface area contributed by atoms with Crippen LogP contribution in [0.25, 0.3) is 0 Å². The smallest absolute Gasteiger partial charge is 0.275 e. The molecular formula is C11H10ClNO3. The molecule has 84 valence electrons. The molecule has 1 saturated carbocycles. The monoisotopic (exact) mass is 239 g/mol. The fourth-order valence-electron chi connectivity index (χ4n) is 2.04. The van der Waals surface area contributed by atoms with Crippen molar-refractivity contribution >= 4 is 23.1 Å². The number of carbonyl (C=O) groups is 1. The Labute approximate surface area is 97.4 Å². The first-order valence-electron chi connectivity index (χ1n) is 4.93. The van der Waals surface area contributed by atoms with Gasteiger partial charge in [0.1, 0.15) is 5.78 Å². The number of nitro groups is 1. The number of carbonyl (C=O) groups excluding carboxylic acids is 1. The minimum absolute atomic E-state index is 0.0521. The summed E-state index contributed by atoms with van der Waals surface area (Å²) in [7, 11) is 0. The Kier molecular flexibility index (Phi) is 2.46. The second kappa shape index (κ2) is 3.56. The maximum Gasteiger partial charge on any atom is 0.275 e. The molecule has 1 aliphatic carbocycles. The molecule has 0 bridgehead atoms. The van der Waals surface area contributed by atoms with Crippen LogP contribution >= 0.6 is 11.6 Å². The Bertz CT molecular complexity index is 480. The molecule has 5 heteroatoms. The van der Waals surface area contributed by atoms with Crippen LogP contribution in [0, 0.1) is 10.1 Å². The average molecular weight is 240 g/mol. The average Bonchev–Trinajstić information content (AvgIpc) is 2.98. The van der Waals surface area contributed by atoms with Crippen LogP contribution in [0.2, 0.25) is 5.02 Å². The van der Waals surface area contributed by atoms with E-state index < -0.39 is 10.3 Å². The van der Waals surface area contributed by atoms with Crippen molar-refractivity contribution in [2.75, 3.05) is 0 Å². The lowest BCUT2D eigenvalue weighted by atomic mass is 9.90. The van der Waals surface area contributed by atoms with E-state index in [4.69, 9.17) is 11.6 Å². The van der Waals surface area contributed by atoms with Crippen LogP contribution in [0.15, 0.2) is 18.2 Å². The molecule has 1 aromatic rings. The van der Waals surface area contributed by atoms with Crippen LogP contribution in [0.4, 0.5) is 5.69 Å². The lowest BCUT2D eigenvalue weighted by Crippen LogP contribution is -2.19. The molecule has 0 atom stereocenters. The van der Waals surface area contributed by atoms with Crippen molar-refractivity contribution in [1.82, 2.24) is 0 Å². The predicted octanol–water partition coefficient (Wildman–Crippen LogP) is 2.87. The van der Waals surface area contributed by atoms with Crippen LogP contribution in [0.5, 0.6) is 0 Å². The molecule has 0 radical (unpaired) electrons. The highest BCUT2D eigenvalue weighted by Gasteiger charge is 2.53. The Morgan fingerprint density at radius 3 is 2.56 bits per heavy atom. The van der Waals surface area contributed by atoms with Crippen LogP contribution in [-0.4, -0.2) is 10.7 Å². The van der Waals surface area contributed by atoms with Gasteiger partial charge in [-0.25, -0.2) is 0 Å². The van der Waals surface area contributed by atoms with Crippen molar-refractivity contribution in [3.05, 3.63) is 38.9 Å². The van der Waals surface area contributed by atoms with Gasteiger partial charge in [-0.2, -0.15) is 0 Å². The van der Waals surface area contributed by atoms with Crippen molar-refractivity contribution in [3.63, 3.8) is 0 Å². The second-order valence-electron chi connectivity index (χ2n) is 4.03. The summed E-state index contributed by atoms with van der Waals surface area (Å²) in [6.07, 6.45) is 1.29. The maximum atomic E-state index is 11.6. The first-order chi connectivity index (χ1) is 7.49. The molecule has 0 heterocycles. The topological polar surface area (TPSA) is 60.2 Å². The standard InChI is InChI=1S/C11H10ClNO3/c1-7(14)11(5-6-11)10-8(12)3-2-4-9(10)13(15)16/h2-4H,5-6H2,1H3. The molecule has 1 aromatic carbocycles. The number of hydrogen-bond donors (Lipinski definition) is 0. The summed E-state index contributed by atoms with van der Waals surface area (Å²) in [6.45, 7) is 1.46. The van der Waals surface area contributed by atoms with Gasteiger partial charge in [0.25, 0.3) is 5.69 Å². The van der Waals surface area contributed by atoms with E-state index in [-0.39, 0.29) is 11.5 Å².